The van der Waals surface area contributed by atoms with E-state index in [0.717, 1.165) is 17.4 Å². The topological polar surface area (TPSA) is 16.1 Å². The lowest BCUT2D eigenvalue weighted by Gasteiger charge is -2.29. The maximum atomic E-state index is 6.00. The monoisotopic (exact) mass is 272 g/mol. The van der Waals surface area contributed by atoms with Crippen LogP contribution in [0.3, 0.4) is 0 Å². The maximum Gasteiger partial charge on any atom is 0.137 e. The normalized spacial score (nSPS) is 25.4. The summed E-state index contributed by atoms with van der Waals surface area (Å²) >= 11 is 6.00. The van der Waals surface area contributed by atoms with Crippen molar-refractivity contribution in [3.8, 4) is 0 Å². The molecule has 2 heterocycles. The molecular weight excluding hydrogens is 256 g/mol. The second kappa shape index (κ2) is 4.38. The third-order valence-corrected chi connectivity index (χ3v) is 4.87. The van der Waals surface area contributed by atoms with Gasteiger partial charge in [-0.2, -0.15) is 0 Å². The Labute approximate surface area is 118 Å². The lowest BCUT2D eigenvalue weighted by molar-refractivity contribution is 0.551. The Hall–Kier alpha value is -1.28. The predicted molar refractivity (Wildman–Crippen MR) is 79.8 cm³/mol. The number of halogens is 1. The fourth-order valence-electron chi connectivity index (χ4n) is 3.71. The van der Waals surface area contributed by atoms with E-state index in [2.05, 4.69) is 35.2 Å². The van der Waals surface area contributed by atoms with E-state index in [9.17, 15) is 0 Å². The molecule has 19 heavy (non-hydrogen) atoms. The minimum Gasteiger partial charge on any atom is -0.353 e. The highest BCUT2D eigenvalue weighted by Crippen LogP contribution is 2.41. The van der Waals surface area contributed by atoms with E-state index in [4.69, 9.17) is 16.6 Å². The number of alkyl halides is 1. The summed E-state index contributed by atoms with van der Waals surface area (Å²) in [6, 6.07) is 11.3. The Morgan fingerprint density at radius 3 is 2.89 bits per heavy atom. The summed E-state index contributed by atoms with van der Waals surface area (Å²) in [4.78, 5) is 7.33. The van der Waals surface area contributed by atoms with E-state index in [1.807, 2.05) is 0 Å². The molecule has 1 aliphatic heterocycles. The Balaban J connectivity index is 1.88. The second-order valence-electron chi connectivity index (χ2n) is 5.78. The summed E-state index contributed by atoms with van der Waals surface area (Å²) in [5.74, 6) is 2.52. The first-order chi connectivity index (χ1) is 9.35. The fourth-order valence-corrected chi connectivity index (χ4v) is 3.84. The van der Waals surface area contributed by atoms with Crippen molar-refractivity contribution in [1.29, 1.82) is 0 Å². The van der Waals surface area contributed by atoms with Crippen LogP contribution >= 0.6 is 11.6 Å². The molecule has 4 rings (SSSR count). The molecule has 2 aromatic rings. The first-order valence-electron chi connectivity index (χ1n) is 7.06. The van der Waals surface area contributed by atoms with E-state index in [0.29, 0.717) is 11.9 Å². The van der Waals surface area contributed by atoms with Crippen molar-refractivity contribution in [1.82, 2.24) is 4.98 Å². The Kier molecular flexibility index (Phi) is 2.66. The molecule has 1 aromatic heterocycles. The highest BCUT2D eigenvalue weighted by atomic mass is 35.5. The van der Waals surface area contributed by atoms with Crippen LogP contribution in [0.4, 0.5) is 5.82 Å². The quantitative estimate of drug-likeness (QED) is 0.769. The van der Waals surface area contributed by atoms with Crippen molar-refractivity contribution >= 4 is 28.2 Å². The minimum absolute atomic E-state index is 0.486. The molecule has 1 aromatic carbocycles. The molecule has 2 nitrogen and oxygen atoms in total. The zero-order valence-corrected chi connectivity index (χ0v) is 11.6. The number of rotatable bonds is 2. The summed E-state index contributed by atoms with van der Waals surface area (Å²) in [7, 11) is 0. The van der Waals surface area contributed by atoms with Crippen LogP contribution in [0, 0.1) is 5.92 Å². The molecule has 0 radical (unpaired) electrons. The van der Waals surface area contributed by atoms with Crippen molar-refractivity contribution in [2.24, 2.45) is 5.92 Å². The molecule has 2 aliphatic rings. The Morgan fingerprint density at radius 2 is 2.16 bits per heavy atom. The minimum atomic E-state index is 0.486. The molecular formula is C16H17ClN2. The number of aromatic nitrogens is 1. The third kappa shape index (κ3) is 1.81. The number of pyridine rings is 1. The van der Waals surface area contributed by atoms with Crippen molar-refractivity contribution < 1.29 is 0 Å². The number of fused-ring (bicyclic) bond motifs is 3. The highest BCUT2D eigenvalue weighted by Gasteiger charge is 2.38. The van der Waals surface area contributed by atoms with E-state index in [1.165, 1.54) is 36.6 Å². The number of hydrogen-bond acceptors (Lipinski definition) is 2. The largest absolute Gasteiger partial charge is 0.353 e. The van der Waals surface area contributed by atoms with Crippen LogP contribution in [0.15, 0.2) is 30.3 Å². The molecule has 2 unspecified atom stereocenters. The smallest absolute Gasteiger partial charge is 0.137 e. The van der Waals surface area contributed by atoms with Gasteiger partial charge >= 0.3 is 0 Å². The van der Waals surface area contributed by atoms with Gasteiger partial charge in [-0.05, 0) is 36.6 Å². The van der Waals surface area contributed by atoms with Gasteiger partial charge in [0.2, 0.25) is 0 Å². The van der Waals surface area contributed by atoms with Crippen LogP contribution in [0.1, 0.15) is 25.0 Å². The molecule has 98 valence electrons. The zero-order valence-electron chi connectivity index (χ0n) is 10.8. The van der Waals surface area contributed by atoms with Crippen molar-refractivity contribution in [2.45, 2.75) is 31.2 Å². The van der Waals surface area contributed by atoms with Crippen molar-refractivity contribution in [3.05, 3.63) is 36.0 Å². The second-order valence-corrected chi connectivity index (χ2v) is 6.04. The molecule has 1 aliphatic carbocycles. The lowest BCUT2D eigenvalue weighted by atomic mass is 10.1. The Morgan fingerprint density at radius 1 is 1.26 bits per heavy atom. The van der Waals surface area contributed by atoms with Crippen molar-refractivity contribution in [3.63, 3.8) is 0 Å². The molecule has 0 spiro atoms. The van der Waals surface area contributed by atoms with Gasteiger partial charge in [-0.1, -0.05) is 24.3 Å². The number of benzene rings is 1. The summed E-state index contributed by atoms with van der Waals surface area (Å²) in [6.07, 6.45) is 4.07. The molecule has 2 fully saturated rings. The van der Waals surface area contributed by atoms with E-state index < -0.39 is 0 Å². The van der Waals surface area contributed by atoms with Gasteiger partial charge in [0.25, 0.3) is 0 Å². The van der Waals surface area contributed by atoms with Crippen LogP contribution in [-0.4, -0.2) is 17.6 Å². The van der Waals surface area contributed by atoms with E-state index >= 15 is 0 Å². The van der Waals surface area contributed by atoms with Gasteiger partial charge in [-0.3, -0.25) is 0 Å². The standard InChI is InChI=1S/C16H17ClN2/c17-9-13-8-12-3-1-2-4-15(12)16(18-13)19-10-11-5-6-14(19)7-11/h1-4,8,11,14H,5-7,9-10H2. The van der Waals surface area contributed by atoms with Gasteiger partial charge in [0.15, 0.2) is 0 Å². The summed E-state index contributed by atoms with van der Waals surface area (Å²) in [5.41, 5.74) is 0.984. The molecule has 0 N–H and O–H groups in total. The molecule has 1 saturated carbocycles. The van der Waals surface area contributed by atoms with Crippen LogP contribution in [0.2, 0.25) is 0 Å². The highest BCUT2D eigenvalue weighted by molar-refractivity contribution is 6.17. The Bertz CT molecular complexity index is 625. The van der Waals surface area contributed by atoms with Gasteiger partial charge in [0.05, 0.1) is 11.6 Å². The van der Waals surface area contributed by atoms with Crippen LogP contribution < -0.4 is 4.90 Å². The molecule has 0 amide bonds. The summed E-state index contributed by atoms with van der Waals surface area (Å²) in [5, 5.41) is 2.52. The van der Waals surface area contributed by atoms with Crippen LogP contribution in [-0.2, 0) is 5.88 Å². The number of anilines is 1. The number of nitrogens with zero attached hydrogens (tertiary/aromatic N) is 2. The van der Waals surface area contributed by atoms with Gasteiger partial charge in [0.1, 0.15) is 5.82 Å². The first-order valence-corrected chi connectivity index (χ1v) is 7.60. The molecule has 1 saturated heterocycles. The first kappa shape index (κ1) is 11.5. The van der Waals surface area contributed by atoms with Gasteiger partial charge in [0, 0.05) is 18.0 Å². The molecule has 2 bridgehead atoms. The fraction of sp³-hybridized carbons (Fsp3) is 0.438. The number of piperidine rings is 1. The van der Waals surface area contributed by atoms with E-state index in [1.54, 1.807) is 0 Å². The molecule has 3 heteroatoms. The van der Waals surface area contributed by atoms with Gasteiger partial charge in [-0.15, -0.1) is 11.6 Å². The van der Waals surface area contributed by atoms with Gasteiger partial charge < -0.3 is 4.90 Å². The molecule has 2 atom stereocenters. The van der Waals surface area contributed by atoms with Crippen LogP contribution in [0.25, 0.3) is 10.8 Å². The van der Waals surface area contributed by atoms with Crippen LogP contribution in [0.5, 0.6) is 0 Å². The van der Waals surface area contributed by atoms with Gasteiger partial charge in [-0.25, -0.2) is 4.98 Å². The van der Waals surface area contributed by atoms with Crippen molar-refractivity contribution in [2.75, 3.05) is 11.4 Å². The average Bonchev–Trinajstić information content (AvgIpc) is 3.08. The predicted octanol–water partition coefficient (Wildman–Crippen LogP) is 3.96. The van der Waals surface area contributed by atoms with E-state index in [-0.39, 0.29) is 0 Å². The third-order valence-electron chi connectivity index (χ3n) is 4.59. The summed E-state index contributed by atoms with van der Waals surface area (Å²) in [6.45, 7) is 1.17. The zero-order chi connectivity index (χ0) is 12.8. The average molecular weight is 273 g/mol. The summed E-state index contributed by atoms with van der Waals surface area (Å²) < 4.78 is 0. The SMILES string of the molecule is ClCc1cc2ccccc2c(N2CC3CCC2C3)n1. The lowest BCUT2D eigenvalue weighted by Crippen LogP contribution is -2.32. The number of hydrogen-bond donors (Lipinski definition) is 0. The maximum absolute atomic E-state index is 6.00.